The third-order valence-electron chi connectivity index (χ3n) is 1.74. The maximum Gasteiger partial charge on any atom is 0.121 e. The highest BCUT2D eigenvalue weighted by atomic mass is 16.5. The zero-order valence-corrected chi connectivity index (χ0v) is 9.13. The van der Waals surface area contributed by atoms with Crippen LogP contribution in [0.5, 0.6) is 0 Å². The van der Waals surface area contributed by atoms with E-state index in [9.17, 15) is 0 Å². The number of allylic oxidation sites excluding steroid dienone is 5. The highest BCUT2D eigenvalue weighted by Gasteiger charge is 1.99. The summed E-state index contributed by atoms with van der Waals surface area (Å²) in [5, 5.41) is 0. The van der Waals surface area contributed by atoms with Crippen LogP contribution in [0.1, 0.15) is 33.6 Å². The summed E-state index contributed by atoms with van der Waals surface area (Å²) < 4.78 is 5.30. The molecular formula is C12H20O. The quantitative estimate of drug-likeness (QED) is 0.461. The van der Waals surface area contributed by atoms with E-state index in [0.29, 0.717) is 0 Å². The fourth-order valence-corrected chi connectivity index (χ4v) is 1.22. The Hall–Kier alpha value is -0.980. The van der Waals surface area contributed by atoms with Crippen LogP contribution in [0.2, 0.25) is 0 Å². The van der Waals surface area contributed by atoms with Crippen LogP contribution in [-0.4, -0.2) is 7.11 Å². The van der Waals surface area contributed by atoms with Gasteiger partial charge in [-0.15, -0.1) is 0 Å². The summed E-state index contributed by atoms with van der Waals surface area (Å²) in [4.78, 5) is 0. The second-order valence-electron chi connectivity index (χ2n) is 2.84. The van der Waals surface area contributed by atoms with Gasteiger partial charge >= 0.3 is 0 Å². The van der Waals surface area contributed by atoms with Crippen LogP contribution >= 0.6 is 0 Å². The lowest BCUT2D eigenvalue weighted by Gasteiger charge is -2.06. The number of rotatable bonds is 5. The average Bonchev–Trinajstić information content (AvgIpc) is 2.14. The van der Waals surface area contributed by atoms with Gasteiger partial charge in [-0.1, -0.05) is 31.6 Å². The average molecular weight is 180 g/mol. The zero-order chi connectivity index (χ0) is 10.1. The Balaban J connectivity index is 4.76. The molecule has 0 bridgehead atoms. The van der Waals surface area contributed by atoms with Crippen molar-refractivity contribution in [2.75, 3.05) is 7.11 Å². The molecule has 0 aliphatic rings. The van der Waals surface area contributed by atoms with E-state index in [1.807, 2.05) is 32.1 Å². The molecule has 0 aromatic rings. The van der Waals surface area contributed by atoms with Crippen LogP contribution < -0.4 is 0 Å². The van der Waals surface area contributed by atoms with E-state index < -0.39 is 0 Å². The minimum atomic E-state index is 0.974. The van der Waals surface area contributed by atoms with Gasteiger partial charge in [-0.05, 0) is 31.9 Å². The lowest BCUT2D eigenvalue weighted by Crippen LogP contribution is -1.89. The molecule has 1 heteroatoms. The molecule has 0 aliphatic heterocycles. The molecule has 0 amide bonds. The highest BCUT2D eigenvalue weighted by molar-refractivity contribution is 5.28. The molecular weight excluding hydrogens is 160 g/mol. The lowest BCUT2D eigenvalue weighted by molar-refractivity contribution is 0.302. The topological polar surface area (TPSA) is 9.23 Å². The van der Waals surface area contributed by atoms with Crippen LogP contribution in [0.4, 0.5) is 0 Å². The number of hydrogen-bond acceptors (Lipinski definition) is 1. The van der Waals surface area contributed by atoms with Gasteiger partial charge in [-0.2, -0.15) is 0 Å². The monoisotopic (exact) mass is 180 g/mol. The maximum atomic E-state index is 5.30. The first kappa shape index (κ1) is 12.0. The number of methoxy groups -OCH3 is 1. The molecule has 0 saturated heterocycles. The molecule has 1 nitrogen and oxygen atoms in total. The Morgan fingerprint density at radius 1 is 1.15 bits per heavy atom. The van der Waals surface area contributed by atoms with E-state index in [0.717, 1.165) is 18.6 Å². The molecule has 74 valence electrons. The molecule has 0 aromatic carbocycles. The minimum Gasteiger partial charge on any atom is -0.496 e. The first-order valence-electron chi connectivity index (χ1n) is 4.82. The van der Waals surface area contributed by atoms with E-state index >= 15 is 0 Å². The SMILES string of the molecule is C\C=C/C(CCC)=C(\C=C/C)OC. The maximum absolute atomic E-state index is 5.30. The van der Waals surface area contributed by atoms with Gasteiger partial charge in [0, 0.05) is 0 Å². The van der Waals surface area contributed by atoms with Gasteiger partial charge in [0.1, 0.15) is 5.76 Å². The van der Waals surface area contributed by atoms with Crippen molar-refractivity contribution in [3.05, 3.63) is 35.6 Å². The van der Waals surface area contributed by atoms with Crippen molar-refractivity contribution in [1.29, 1.82) is 0 Å². The van der Waals surface area contributed by atoms with E-state index in [-0.39, 0.29) is 0 Å². The third kappa shape index (κ3) is 4.56. The van der Waals surface area contributed by atoms with Crippen LogP contribution in [0.25, 0.3) is 0 Å². The standard InChI is InChI=1S/C12H20O/c1-5-8-11(9-6-2)12(13-4)10-7-3/h5,7-8,10H,6,9H2,1-4H3/b8-5-,10-7-,12-11-. The van der Waals surface area contributed by atoms with E-state index in [2.05, 4.69) is 13.0 Å². The molecule has 0 N–H and O–H groups in total. The van der Waals surface area contributed by atoms with Crippen molar-refractivity contribution in [2.45, 2.75) is 33.6 Å². The minimum absolute atomic E-state index is 0.974. The Labute approximate surface area is 81.8 Å². The molecule has 0 aromatic heterocycles. The van der Waals surface area contributed by atoms with E-state index in [1.165, 1.54) is 5.57 Å². The van der Waals surface area contributed by atoms with Gasteiger partial charge in [-0.3, -0.25) is 0 Å². The summed E-state index contributed by atoms with van der Waals surface area (Å²) in [5.41, 5.74) is 1.27. The summed E-state index contributed by atoms with van der Waals surface area (Å²) in [6, 6.07) is 0. The Bertz CT molecular complexity index is 209. The van der Waals surface area contributed by atoms with Gasteiger partial charge in [0.15, 0.2) is 0 Å². The molecule has 13 heavy (non-hydrogen) atoms. The van der Waals surface area contributed by atoms with Crippen molar-refractivity contribution in [1.82, 2.24) is 0 Å². The summed E-state index contributed by atoms with van der Waals surface area (Å²) in [7, 11) is 1.72. The molecule has 0 aliphatic carbocycles. The Morgan fingerprint density at radius 2 is 1.77 bits per heavy atom. The smallest absolute Gasteiger partial charge is 0.121 e. The van der Waals surface area contributed by atoms with Gasteiger partial charge < -0.3 is 4.74 Å². The third-order valence-corrected chi connectivity index (χ3v) is 1.74. The Morgan fingerprint density at radius 3 is 2.15 bits per heavy atom. The van der Waals surface area contributed by atoms with Crippen LogP contribution in [0.3, 0.4) is 0 Å². The molecule has 0 spiro atoms. The van der Waals surface area contributed by atoms with Gasteiger partial charge in [0.05, 0.1) is 7.11 Å². The van der Waals surface area contributed by atoms with Crippen LogP contribution in [0.15, 0.2) is 35.6 Å². The molecule has 0 saturated carbocycles. The zero-order valence-electron chi connectivity index (χ0n) is 9.13. The van der Waals surface area contributed by atoms with Gasteiger partial charge in [0.25, 0.3) is 0 Å². The highest BCUT2D eigenvalue weighted by Crippen LogP contribution is 2.14. The van der Waals surface area contributed by atoms with Crippen molar-refractivity contribution in [3.8, 4) is 0 Å². The predicted octanol–water partition coefficient (Wildman–Crippen LogP) is 3.84. The molecule has 0 radical (unpaired) electrons. The molecule has 0 heterocycles. The van der Waals surface area contributed by atoms with Crippen molar-refractivity contribution < 1.29 is 4.74 Å². The van der Waals surface area contributed by atoms with Crippen molar-refractivity contribution in [2.24, 2.45) is 0 Å². The van der Waals surface area contributed by atoms with Gasteiger partial charge in [0.2, 0.25) is 0 Å². The molecule has 0 unspecified atom stereocenters. The predicted molar refractivity (Wildman–Crippen MR) is 58.6 cm³/mol. The first-order valence-corrected chi connectivity index (χ1v) is 4.82. The van der Waals surface area contributed by atoms with Crippen molar-refractivity contribution in [3.63, 3.8) is 0 Å². The number of ether oxygens (including phenoxy) is 1. The molecule has 0 fully saturated rings. The largest absolute Gasteiger partial charge is 0.496 e. The summed E-state index contributed by atoms with van der Waals surface area (Å²) >= 11 is 0. The normalized spacial score (nSPS) is 13.8. The second kappa shape index (κ2) is 7.66. The van der Waals surface area contributed by atoms with E-state index in [4.69, 9.17) is 4.74 Å². The fourth-order valence-electron chi connectivity index (χ4n) is 1.22. The van der Waals surface area contributed by atoms with Crippen molar-refractivity contribution >= 4 is 0 Å². The molecule has 0 atom stereocenters. The summed E-state index contributed by atoms with van der Waals surface area (Å²) in [5.74, 6) is 0.974. The van der Waals surface area contributed by atoms with E-state index in [1.54, 1.807) is 7.11 Å². The summed E-state index contributed by atoms with van der Waals surface area (Å²) in [6.45, 7) is 6.20. The fraction of sp³-hybridized carbons (Fsp3) is 0.500. The molecule has 0 rings (SSSR count). The van der Waals surface area contributed by atoms with Crippen LogP contribution in [-0.2, 0) is 4.74 Å². The van der Waals surface area contributed by atoms with Crippen LogP contribution in [0, 0.1) is 0 Å². The lowest BCUT2D eigenvalue weighted by atomic mass is 10.1. The second-order valence-corrected chi connectivity index (χ2v) is 2.84. The summed E-state index contributed by atoms with van der Waals surface area (Å²) in [6.07, 6.45) is 10.4. The Kier molecular flexibility index (Phi) is 7.08. The first-order chi connectivity index (χ1) is 6.29. The van der Waals surface area contributed by atoms with Gasteiger partial charge in [-0.25, -0.2) is 0 Å². The number of hydrogen-bond donors (Lipinski definition) is 0.